The van der Waals surface area contributed by atoms with E-state index < -0.39 is 17.2 Å². The summed E-state index contributed by atoms with van der Waals surface area (Å²) in [6.07, 6.45) is 1.55. The van der Waals surface area contributed by atoms with Gasteiger partial charge in [-0.05, 0) is 18.1 Å². The van der Waals surface area contributed by atoms with Gasteiger partial charge in [0.15, 0.2) is 5.16 Å². The van der Waals surface area contributed by atoms with Crippen molar-refractivity contribution in [3.63, 3.8) is 0 Å². The highest BCUT2D eigenvalue weighted by Gasteiger charge is 2.27. The van der Waals surface area contributed by atoms with Crippen molar-refractivity contribution in [1.29, 1.82) is 0 Å². The number of hydrogen-bond acceptors (Lipinski definition) is 6. The van der Waals surface area contributed by atoms with E-state index in [0.29, 0.717) is 10.9 Å². The number of amides is 3. The summed E-state index contributed by atoms with van der Waals surface area (Å²) in [5.41, 5.74) is 5.79. The second-order valence-electron chi connectivity index (χ2n) is 5.29. The van der Waals surface area contributed by atoms with Crippen LogP contribution in [0.5, 0.6) is 5.75 Å². The molecule has 1 atom stereocenters. The van der Waals surface area contributed by atoms with E-state index >= 15 is 0 Å². The number of primary amides is 1. The predicted molar refractivity (Wildman–Crippen MR) is 90.1 cm³/mol. The van der Waals surface area contributed by atoms with Gasteiger partial charge in [0.1, 0.15) is 12.1 Å². The number of benzene rings is 1. The van der Waals surface area contributed by atoms with E-state index in [4.69, 9.17) is 10.5 Å². The molecular formula is C15H19N5O3S. The van der Waals surface area contributed by atoms with Gasteiger partial charge in [0, 0.05) is 0 Å². The van der Waals surface area contributed by atoms with Crippen LogP contribution in [0.2, 0.25) is 0 Å². The van der Waals surface area contributed by atoms with Crippen molar-refractivity contribution in [1.82, 2.24) is 20.1 Å². The van der Waals surface area contributed by atoms with Crippen LogP contribution in [-0.2, 0) is 4.79 Å². The molecule has 0 aliphatic carbocycles. The van der Waals surface area contributed by atoms with Crippen molar-refractivity contribution in [2.24, 2.45) is 11.7 Å². The molecule has 0 aliphatic heterocycles. The molecule has 0 saturated carbocycles. The van der Waals surface area contributed by atoms with Crippen LogP contribution in [-0.4, -0.2) is 39.1 Å². The van der Waals surface area contributed by atoms with Gasteiger partial charge >= 0.3 is 6.03 Å². The van der Waals surface area contributed by atoms with Crippen molar-refractivity contribution >= 4 is 23.7 Å². The fraction of sp³-hybridized carbons (Fsp3) is 0.333. The number of methoxy groups -OCH3 is 1. The van der Waals surface area contributed by atoms with Crippen LogP contribution >= 0.6 is 11.8 Å². The van der Waals surface area contributed by atoms with E-state index in [1.54, 1.807) is 18.0 Å². The number of aromatic nitrogens is 3. The lowest BCUT2D eigenvalue weighted by molar-refractivity contribution is -0.120. The van der Waals surface area contributed by atoms with Gasteiger partial charge in [-0.3, -0.25) is 14.7 Å². The lowest BCUT2D eigenvalue weighted by Crippen LogP contribution is -2.42. The van der Waals surface area contributed by atoms with Crippen LogP contribution < -0.4 is 15.8 Å². The molecule has 0 fully saturated rings. The first-order chi connectivity index (χ1) is 11.4. The number of rotatable bonds is 6. The van der Waals surface area contributed by atoms with Gasteiger partial charge in [0.05, 0.1) is 18.0 Å². The zero-order valence-electron chi connectivity index (χ0n) is 13.6. The van der Waals surface area contributed by atoms with Crippen molar-refractivity contribution in [3.8, 4) is 11.4 Å². The quantitative estimate of drug-likeness (QED) is 0.766. The van der Waals surface area contributed by atoms with Crippen LogP contribution in [0.25, 0.3) is 5.69 Å². The molecule has 0 aliphatic rings. The fourth-order valence-electron chi connectivity index (χ4n) is 2.10. The Balaban J connectivity index is 2.32. The zero-order valence-corrected chi connectivity index (χ0v) is 14.4. The molecule has 8 nitrogen and oxygen atoms in total. The van der Waals surface area contributed by atoms with Crippen LogP contribution in [0.1, 0.15) is 13.8 Å². The number of ether oxygens (including phenoxy) is 1. The lowest BCUT2D eigenvalue weighted by Gasteiger charge is -2.19. The highest BCUT2D eigenvalue weighted by atomic mass is 32.2. The Labute approximate surface area is 143 Å². The molecule has 1 unspecified atom stereocenters. The number of carbonyl (C=O) groups is 2. The molecule has 1 aromatic carbocycles. The van der Waals surface area contributed by atoms with Gasteiger partial charge in [-0.15, -0.1) is 10.2 Å². The summed E-state index contributed by atoms with van der Waals surface area (Å²) >= 11 is 1.21. The van der Waals surface area contributed by atoms with E-state index in [1.807, 2.05) is 38.1 Å². The highest BCUT2D eigenvalue weighted by molar-refractivity contribution is 8.00. The van der Waals surface area contributed by atoms with Crippen molar-refractivity contribution in [3.05, 3.63) is 30.6 Å². The molecule has 0 bridgehead atoms. The molecule has 0 saturated heterocycles. The number of nitrogens with zero attached hydrogens (tertiary/aromatic N) is 3. The largest absolute Gasteiger partial charge is 0.495 e. The maximum absolute atomic E-state index is 12.2. The summed E-state index contributed by atoms with van der Waals surface area (Å²) < 4.78 is 7.08. The zero-order chi connectivity index (χ0) is 17.7. The SMILES string of the molecule is COc1ccccc1-n1cnnc1SC(C(=O)NC(N)=O)C(C)C. The number of thioether (sulfide) groups is 1. The Bertz CT molecular complexity index is 731. The van der Waals surface area contributed by atoms with Crippen LogP contribution in [0.15, 0.2) is 35.7 Å². The van der Waals surface area contributed by atoms with Crippen molar-refractivity contribution in [2.45, 2.75) is 24.3 Å². The molecule has 128 valence electrons. The summed E-state index contributed by atoms with van der Waals surface area (Å²) in [7, 11) is 1.58. The van der Waals surface area contributed by atoms with E-state index in [9.17, 15) is 9.59 Å². The lowest BCUT2D eigenvalue weighted by atomic mass is 10.1. The smallest absolute Gasteiger partial charge is 0.318 e. The maximum atomic E-state index is 12.2. The summed E-state index contributed by atoms with van der Waals surface area (Å²) in [6, 6.07) is 6.53. The molecule has 1 aromatic heterocycles. The second kappa shape index (κ2) is 7.82. The molecule has 3 N–H and O–H groups in total. The molecule has 3 amide bonds. The van der Waals surface area contributed by atoms with E-state index in [-0.39, 0.29) is 5.92 Å². The maximum Gasteiger partial charge on any atom is 0.318 e. The fourth-order valence-corrected chi connectivity index (χ4v) is 3.12. The summed E-state index contributed by atoms with van der Waals surface area (Å²) in [5.74, 6) is 0.149. The third-order valence-corrected chi connectivity index (χ3v) is 4.71. The second-order valence-corrected chi connectivity index (χ2v) is 6.40. The van der Waals surface area contributed by atoms with E-state index in [1.165, 1.54) is 11.8 Å². The number of urea groups is 1. The Kier molecular flexibility index (Phi) is 5.80. The molecule has 9 heteroatoms. The van der Waals surface area contributed by atoms with Crippen LogP contribution in [0.3, 0.4) is 0 Å². The third kappa shape index (κ3) is 4.05. The summed E-state index contributed by atoms with van der Waals surface area (Å²) in [6.45, 7) is 3.75. The molecule has 2 rings (SSSR count). The van der Waals surface area contributed by atoms with Crippen LogP contribution in [0, 0.1) is 5.92 Å². The number of nitrogens with two attached hydrogens (primary N) is 1. The van der Waals surface area contributed by atoms with Gasteiger partial charge in [0.25, 0.3) is 0 Å². The van der Waals surface area contributed by atoms with Crippen molar-refractivity contribution < 1.29 is 14.3 Å². The van der Waals surface area contributed by atoms with E-state index in [2.05, 4.69) is 15.5 Å². The van der Waals surface area contributed by atoms with Crippen LogP contribution in [0.4, 0.5) is 4.79 Å². The molecule has 0 radical (unpaired) electrons. The Morgan fingerprint density at radius 2 is 2.04 bits per heavy atom. The molecule has 24 heavy (non-hydrogen) atoms. The van der Waals surface area contributed by atoms with Gasteiger partial charge in [0.2, 0.25) is 5.91 Å². The third-order valence-electron chi connectivity index (χ3n) is 3.20. The Morgan fingerprint density at radius 3 is 2.67 bits per heavy atom. The Morgan fingerprint density at radius 1 is 1.33 bits per heavy atom. The van der Waals surface area contributed by atoms with E-state index in [0.717, 1.165) is 5.69 Å². The van der Waals surface area contributed by atoms with Crippen molar-refractivity contribution in [2.75, 3.05) is 7.11 Å². The van der Waals surface area contributed by atoms with Gasteiger partial charge < -0.3 is 10.5 Å². The highest BCUT2D eigenvalue weighted by Crippen LogP contribution is 2.31. The first-order valence-electron chi connectivity index (χ1n) is 7.24. The molecular weight excluding hydrogens is 330 g/mol. The Hall–Kier alpha value is -2.55. The van der Waals surface area contributed by atoms with Gasteiger partial charge in [-0.2, -0.15) is 0 Å². The standard InChI is InChI=1S/C15H19N5O3S/c1-9(2)12(13(21)18-14(16)22)24-15-19-17-8-20(15)10-6-4-5-7-11(10)23-3/h4-9,12H,1-3H3,(H3,16,18,21,22). The van der Waals surface area contributed by atoms with Gasteiger partial charge in [-0.25, -0.2) is 4.79 Å². The molecule has 2 aromatic rings. The minimum Gasteiger partial charge on any atom is -0.495 e. The monoisotopic (exact) mass is 349 g/mol. The number of hydrogen-bond donors (Lipinski definition) is 2. The first kappa shape index (κ1) is 17.8. The van der Waals surface area contributed by atoms with Gasteiger partial charge in [-0.1, -0.05) is 37.7 Å². The number of carbonyl (C=O) groups excluding carboxylic acids is 2. The molecule has 0 spiro atoms. The summed E-state index contributed by atoms with van der Waals surface area (Å²) in [5, 5.41) is 10.1. The summed E-state index contributed by atoms with van der Waals surface area (Å²) in [4.78, 5) is 23.1. The minimum atomic E-state index is -0.877. The predicted octanol–water partition coefficient (Wildman–Crippen LogP) is 1.59. The minimum absolute atomic E-state index is 0.0443. The normalized spacial score (nSPS) is 12.0. The molecule has 1 heterocycles. The average molecular weight is 349 g/mol. The first-order valence-corrected chi connectivity index (χ1v) is 8.12. The topological polar surface area (TPSA) is 112 Å². The number of imide groups is 1. The average Bonchev–Trinajstić information content (AvgIpc) is 2.99. The number of nitrogens with one attached hydrogen (secondary N) is 1. The number of para-hydroxylation sites is 2.